The summed E-state index contributed by atoms with van der Waals surface area (Å²) >= 11 is 3.44. The van der Waals surface area contributed by atoms with Crippen molar-refractivity contribution in [3.8, 4) is 5.75 Å². The maximum Gasteiger partial charge on any atom is 0.255 e. The lowest BCUT2D eigenvalue weighted by Crippen LogP contribution is -2.52. The molecule has 2 aliphatic heterocycles. The minimum absolute atomic E-state index is 0.155. The van der Waals surface area contributed by atoms with Crippen LogP contribution in [0.3, 0.4) is 0 Å². The first-order valence-electron chi connectivity index (χ1n) is 9.56. The molecule has 3 rings (SSSR count). The van der Waals surface area contributed by atoms with Crippen LogP contribution in [0.4, 0.5) is 0 Å². The Balaban J connectivity index is 1.53. The number of piperidine rings is 1. The van der Waals surface area contributed by atoms with Crippen molar-refractivity contribution in [3.63, 3.8) is 0 Å². The van der Waals surface area contributed by atoms with Crippen molar-refractivity contribution < 1.29 is 19.1 Å². The monoisotopic (exact) mass is 436 g/mol. The van der Waals surface area contributed by atoms with E-state index in [2.05, 4.69) is 21.2 Å². The standard InChI is InChI=1S/C20H25BrN2O4/c21-10-4-2-1-3-5-11-27-15-6-7-16-14(12-15)13-23(20(16)26)17-8-9-18(24)22-19(17)25/h6-7,12,17H,1-5,8-11,13H2,(H,22,24,25). The highest BCUT2D eigenvalue weighted by molar-refractivity contribution is 9.09. The van der Waals surface area contributed by atoms with Crippen LogP contribution < -0.4 is 10.1 Å². The number of unbranched alkanes of at least 4 members (excludes halogenated alkanes) is 4. The molecule has 27 heavy (non-hydrogen) atoms. The molecule has 1 unspecified atom stereocenters. The number of amides is 3. The molecule has 1 fully saturated rings. The number of hydrogen-bond acceptors (Lipinski definition) is 4. The lowest BCUT2D eigenvalue weighted by molar-refractivity contribution is -0.136. The third-order valence-corrected chi connectivity index (χ3v) is 5.60. The number of carbonyl (C=O) groups is 3. The van der Waals surface area contributed by atoms with E-state index < -0.39 is 6.04 Å². The van der Waals surface area contributed by atoms with Gasteiger partial charge in [-0.05, 0) is 43.0 Å². The fourth-order valence-electron chi connectivity index (χ4n) is 3.56. The van der Waals surface area contributed by atoms with E-state index in [1.54, 1.807) is 11.0 Å². The third-order valence-electron chi connectivity index (χ3n) is 5.04. The number of imide groups is 1. The summed E-state index contributed by atoms with van der Waals surface area (Å²) in [6, 6.07) is 4.90. The van der Waals surface area contributed by atoms with Crippen molar-refractivity contribution in [1.82, 2.24) is 10.2 Å². The highest BCUT2D eigenvalue weighted by atomic mass is 79.9. The zero-order chi connectivity index (χ0) is 19.2. The predicted molar refractivity (Wildman–Crippen MR) is 105 cm³/mol. The smallest absolute Gasteiger partial charge is 0.255 e. The summed E-state index contributed by atoms with van der Waals surface area (Å²) in [6.45, 7) is 1.04. The Labute approximate surface area is 167 Å². The number of carbonyl (C=O) groups excluding carboxylic acids is 3. The van der Waals surface area contributed by atoms with E-state index in [-0.39, 0.29) is 24.1 Å². The van der Waals surface area contributed by atoms with Crippen LogP contribution in [0.5, 0.6) is 5.75 Å². The SMILES string of the molecule is O=C1CCC(N2Cc3cc(OCCCCCCCBr)ccc3C2=O)C(=O)N1. The molecule has 1 N–H and O–H groups in total. The van der Waals surface area contributed by atoms with Crippen molar-refractivity contribution in [2.24, 2.45) is 0 Å². The molecule has 7 heteroatoms. The molecule has 6 nitrogen and oxygen atoms in total. The van der Waals surface area contributed by atoms with Crippen molar-refractivity contribution in [1.29, 1.82) is 0 Å². The molecule has 0 aliphatic carbocycles. The average Bonchev–Trinajstić information content (AvgIpc) is 2.97. The minimum atomic E-state index is -0.577. The molecule has 146 valence electrons. The summed E-state index contributed by atoms with van der Waals surface area (Å²) in [4.78, 5) is 37.6. The number of nitrogens with one attached hydrogen (secondary N) is 1. The topological polar surface area (TPSA) is 75.7 Å². The van der Waals surface area contributed by atoms with Crippen LogP contribution in [0, 0.1) is 0 Å². The second-order valence-electron chi connectivity index (χ2n) is 7.02. The van der Waals surface area contributed by atoms with Gasteiger partial charge in [-0.15, -0.1) is 0 Å². The van der Waals surface area contributed by atoms with Gasteiger partial charge >= 0.3 is 0 Å². The third kappa shape index (κ3) is 4.89. The molecule has 2 aliphatic rings. The summed E-state index contributed by atoms with van der Waals surface area (Å²) < 4.78 is 5.83. The van der Waals surface area contributed by atoms with E-state index in [4.69, 9.17) is 4.74 Å². The summed E-state index contributed by atoms with van der Waals surface area (Å²) in [6.07, 6.45) is 6.48. The number of hydrogen-bond donors (Lipinski definition) is 1. The zero-order valence-corrected chi connectivity index (χ0v) is 16.9. The van der Waals surface area contributed by atoms with Gasteiger partial charge in [-0.25, -0.2) is 0 Å². The molecule has 0 radical (unpaired) electrons. The second-order valence-corrected chi connectivity index (χ2v) is 7.82. The number of fused-ring (bicyclic) bond motifs is 1. The molecular weight excluding hydrogens is 412 g/mol. The van der Waals surface area contributed by atoms with Crippen LogP contribution in [-0.4, -0.2) is 40.6 Å². The van der Waals surface area contributed by atoms with E-state index >= 15 is 0 Å². The molecule has 3 amide bonds. The van der Waals surface area contributed by atoms with Gasteiger partial charge in [0, 0.05) is 23.9 Å². The van der Waals surface area contributed by atoms with Gasteiger partial charge in [0.25, 0.3) is 5.91 Å². The van der Waals surface area contributed by atoms with E-state index in [0.717, 1.165) is 29.5 Å². The molecule has 1 aromatic carbocycles. The number of halogens is 1. The van der Waals surface area contributed by atoms with Crippen LogP contribution in [0.1, 0.15) is 60.9 Å². The quantitative estimate of drug-likeness (QED) is 0.366. The van der Waals surface area contributed by atoms with Crippen molar-refractivity contribution in [2.75, 3.05) is 11.9 Å². The number of benzene rings is 1. The van der Waals surface area contributed by atoms with Gasteiger partial charge in [-0.2, -0.15) is 0 Å². The Morgan fingerprint density at radius 1 is 1.11 bits per heavy atom. The molecule has 0 aromatic heterocycles. The Bertz CT molecular complexity index is 722. The molecule has 0 spiro atoms. The second kappa shape index (κ2) is 9.35. The highest BCUT2D eigenvalue weighted by Crippen LogP contribution is 2.30. The molecule has 1 atom stereocenters. The highest BCUT2D eigenvalue weighted by Gasteiger charge is 2.39. The number of alkyl halides is 1. The van der Waals surface area contributed by atoms with Crippen LogP contribution >= 0.6 is 15.9 Å². The Morgan fingerprint density at radius 2 is 1.89 bits per heavy atom. The van der Waals surface area contributed by atoms with Crippen LogP contribution in [0.25, 0.3) is 0 Å². The lowest BCUT2D eigenvalue weighted by Gasteiger charge is -2.29. The first kappa shape index (κ1) is 19.9. The Hall–Kier alpha value is -1.89. The Morgan fingerprint density at radius 3 is 2.67 bits per heavy atom. The van der Waals surface area contributed by atoms with E-state index in [0.29, 0.717) is 25.1 Å². The molecule has 1 aromatic rings. The van der Waals surface area contributed by atoms with E-state index in [1.165, 1.54) is 19.3 Å². The van der Waals surface area contributed by atoms with Gasteiger partial charge in [0.1, 0.15) is 11.8 Å². The first-order valence-corrected chi connectivity index (χ1v) is 10.7. The van der Waals surface area contributed by atoms with Crippen molar-refractivity contribution >= 4 is 33.7 Å². The van der Waals surface area contributed by atoms with Gasteiger partial charge in [0.2, 0.25) is 11.8 Å². The molecule has 1 saturated heterocycles. The molecular formula is C20H25BrN2O4. The number of rotatable bonds is 9. The van der Waals surface area contributed by atoms with Crippen LogP contribution in [0.15, 0.2) is 18.2 Å². The zero-order valence-electron chi connectivity index (χ0n) is 15.3. The maximum atomic E-state index is 12.6. The minimum Gasteiger partial charge on any atom is -0.494 e. The summed E-state index contributed by atoms with van der Waals surface area (Å²) in [7, 11) is 0. The number of ether oxygens (including phenoxy) is 1. The van der Waals surface area contributed by atoms with Gasteiger partial charge in [0.05, 0.1) is 6.61 Å². The van der Waals surface area contributed by atoms with Crippen molar-refractivity contribution in [2.45, 2.75) is 57.5 Å². The molecule has 0 bridgehead atoms. The summed E-state index contributed by atoms with van der Waals surface area (Å²) in [5.74, 6) is -0.0583. The van der Waals surface area contributed by atoms with Crippen LogP contribution in [-0.2, 0) is 16.1 Å². The number of nitrogens with zero attached hydrogens (tertiary/aromatic N) is 1. The van der Waals surface area contributed by atoms with Crippen molar-refractivity contribution in [3.05, 3.63) is 29.3 Å². The lowest BCUT2D eigenvalue weighted by atomic mass is 10.0. The average molecular weight is 437 g/mol. The van der Waals surface area contributed by atoms with Gasteiger partial charge < -0.3 is 9.64 Å². The van der Waals surface area contributed by atoms with E-state index in [1.807, 2.05) is 12.1 Å². The maximum absolute atomic E-state index is 12.6. The predicted octanol–water partition coefficient (Wildman–Crippen LogP) is 3.17. The Kier molecular flexibility index (Phi) is 6.88. The van der Waals surface area contributed by atoms with Gasteiger partial charge in [-0.1, -0.05) is 35.2 Å². The van der Waals surface area contributed by atoms with Gasteiger partial charge in [-0.3, -0.25) is 19.7 Å². The largest absolute Gasteiger partial charge is 0.494 e. The fraction of sp³-hybridized carbons (Fsp3) is 0.550. The fourth-order valence-corrected chi connectivity index (χ4v) is 3.95. The van der Waals surface area contributed by atoms with Gasteiger partial charge in [0.15, 0.2) is 0 Å². The first-order chi connectivity index (χ1) is 13.1. The summed E-state index contributed by atoms with van der Waals surface area (Å²) in [5, 5.41) is 3.38. The normalized spacial score (nSPS) is 19.2. The summed E-state index contributed by atoms with van der Waals surface area (Å²) in [5.41, 5.74) is 1.49. The van der Waals surface area contributed by atoms with Crippen LogP contribution in [0.2, 0.25) is 0 Å². The molecule has 0 saturated carbocycles. The van der Waals surface area contributed by atoms with E-state index in [9.17, 15) is 14.4 Å². The molecule has 2 heterocycles.